The molecule has 4 fully saturated rings. The van der Waals surface area contributed by atoms with Gasteiger partial charge in [-0.05, 0) is 50.3 Å². The number of fused-ring (bicyclic) bond motifs is 3. The number of amides is 1. The highest BCUT2D eigenvalue weighted by Gasteiger charge is 2.44. The number of nitrogens with one attached hydrogen (secondary N) is 1. The Hall–Kier alpha value is -1.35. The summed E-state index contributed by atoms with van der Waals surface area (Å²) in [7, 11) is 0. The van der Waals surface area contributed by atoms with Crippen molar-refractivity contribution in [2.75, 3.05) is 19.6 Å². The van der Waals surface area contributed by atoms with E-state index in [1.165, 1.54) is 44.3 Å². The molecule has 1 atom stereocenters. The average molecular weight is 298 g/mol. The summed E-state index contributed by atoms with van der Waals surface area (Å²) in [5.74, 6) is 0.984. The van der Waals surface area contributed by atoms with Crippen LogP contribution in [0.4, 0.5) is 0 Å². The van der Waals surface area contributed by atoms with Gasteiger partial charge in [-0.3, -0.25) is 4.79 Å². The first-order chi connectivity index (χ1) is 10.8. The Morgan fingerprint density at radius 3 is 2.36 bits per heavy atom. The SMILES string of the molecule is O=C(NC1CN2CCC1CC2)C1(c2ccccc2)CCCC1. The van der Waals surface area contributed by atoms with Crippen molar-refractivity contribution in [3.05, 3.63) is 35.9 Å². The van der Waals surface area contributed by atoms with Gasteiger partial charge in [0.05, 0.1) is 5.41 Å². The Bertz CT molecular complexity index is 528. The molecule has 22 heavy (non-hydrogen) atoms. The first-order valence-electron chi connectivity index (χ1n) is 8.87. The number of carbonyl (C=O) groups is 1. The molecule has 0 radical (unpaired) electrons. The average Bonchev–Trinajstić information content (AvgIpc) is 3.08. The molecule has 3 heterocycles. The molecule has 118 valence electrons. The molecule has 1 aromatic carbocycles. The molecule has 1 aromatic rings. The number of nitrogens with zero attached hydrogens (tertiary/aromatic N) is 1. The van der Waals surface area contributed by atoms with Gasteiger partial charge in [-0.2, -0.15) is 0 Å². The van der Waals surface area contributed by atoms with Crippen molar-refractivity contribution in [3.8, 4) is 0 Å². The van der Waals surface area contributed by atoms with E-state index in [4.69, 9.17) is 0 Å². The summed E-state index contributed by atoms with van der Waals surface area (Å²) in [6.45, 7) is 3.50. The highest BCUT2D eigenvalue weighted by Crippen LogP contribution is 2.41. The standard InChI is InChI=1S/C19H26N2O/c22-18(20-17-14-21-12-8-15(17)9-13-21)19(10-4-5-11-19)16-6-2-1-3-7-16/h1-3,6-7,15,17H,4-5,8-14H2,(H,20,22). The lowest BCUT2D eigenvalue weighted by molar-refractivity contribution is -0.128. The second kappa shape index (κ2) is 5.69. The maximum absolute atomic E-state index is 13.2. The Morgan fingerprint density at radius 1 is 1.09 bits per heavy atom. The molecule has 1 saturated carbocycles. The summed E-state index contributed by atoms with van der Waals surface area (Å²) in [6.07, 6.45) is 6.85. The van der Waals surface area contributed by atoms with Crippen LogP contribution in [0.1, 0.15) is 44.1 Å². The summed E-state index contributed by atoms with van der Waals surface area (Å²) in [5.41, 5.74) is 0.944. The summed E-state index contributed by atoms with van der Waals surface area (Å²) in [5, 5.41) is 3.45. The summed E-state index contributed by atoms with van der Waals surface area (Å²) < 4.78 is 0. The molecule has 1 amide bonds. The predicted molar refractivity (Wildman–Crippen MR) is 87.7 cm³/mol. The van der Waals surface area contributed by atoms with E-state index in [1.54, 1.807) is 0 Å². The monoisotopic (exact) mass is 298 g/mol. The zero-order valence-corrected chi connectivity index (χ0v) is 13.3. The Balaban J connectivity index is 1.54. The highest BCUT2D eigenvalue weighted by atomic mass is 16.2. The molecule has 3 aliphatic heterocycles. The first-order valence-corrected chi connectivity index (χ1v) is 8.87. The topological polar surface area (TPSA) is 32.3 Å². The highest BCUT2D eigenvalue weighted by molar-refractivity contribution is 5.88. The lowest BCUT2D eigenvalue weighted by atomic mass is 9.76. The molecular weight excluding hydrogens is 272 g/mol. The largest absolute Gasteiger partial charge is 0.351 e. The van der Waals surface area contributed by atoms with Crippen LogP contribution in [0.25, 0.3) is 0 Å². The van der Waals surface area contributed by atoms with Crippen LogP contribution in [0.5, 0.6) is 0 Å². The van der Waals surface area contributed by atoms with E-state index in [1.807, 2.05) is 6.07 Å². The molecule has 1 N–H and O–H groups in total. The van der Waals surface area contributed by atoms with E-state index < -0.39 is 0 Å². The van der Waals surface area contributed by atoms with Crippen molar-refractivity contribution in [2.24, 2.45) is 5.92 Å². The van der Waals surface area contributed by atoms with E-state index >= 15 is 0 Å². The maximum atomic E-state index is 13.2. The molecule has 5 rings (SSSR count). The van der Waals surface area contributed by atoms with Crippen molar-refractivity contribution >= 4 is 5.91 Å². The normalized spacial score (nSPS) is 32.8. The third-order valence-electron chi connectivity index (χ3n) is 6.19. The Morgan fingerprint density at radius 2 is 1.77 bits per heavy atom. The smallest absolute Gasteiger partial charge is 0.230 e. The third-order valence-corrected chi connectivity index (χ3v) is 6.19. The second-order valence-corrected chi connectivity index (χ2v) is 7.37. The van der Waals surface area contributed by atoms with Crippen LogP contribution in [0, 0.1) is 5.92 Å². The van der Waals surface area contributed by atoms with Crippen LogP contribution >= 0.6 is 0 Å². The van der Waals surface area contributed by atoms with Crippen LogP contribution in [-0.2, 0) is 10.2 Å². The van der Waals surface area contributed by atoms with Gasteiger partial charge in [-0.1, -0.05) is 43.2 Å². The summed E-state index contributed by atoms with van der Waals surface area (Å²) in [4.78, 5) is 15.7. The first kappa shape index (κ1) is 14.3. The second-order valence-electron chi connectivity index (χ2n) is 7.37. The van der Waals surface area contributed by atoms with Gasteiger partial charge in [0.15, 0.2) is 0 Å². The van der Waals surface area contributed by atoms with Gasteiger partial charge in [0.25, 0.3) is 0 Å². The molecule has 1 aliphatic carbocycles. The van der Waals surface area contributed by atoms with Crippen molar-refractivity contribution in [3.63, 3.8) is 0 Å². The van der Waals surface area contributed by atoms with Crippen LogP contribution in [0.2, 0.25) is 0 Å². The van der Waals surface area contributed by atoms with Gasteiger partial charge in [0.1, 0.15) is 0 Å². The molecule has 1 unspecified atom stereocenters. The molecule has 3 saturated heterocycles. The molecule has 0 spiro atoms. The Labute approximate surface area is 133 Å². The fourth-order valence-electron chi connectivity index (χ4n) is 4.82. The minimum Gasteiger partial charge on any atom is -0.351 e. The van der Waals surface area contributed by atoms with Crippen LogP contribution < -0.4 is 5.32 Å². The number of benzene rings is 1. The summed E-state index contributed by atoms with van der Waals surface area (Å²) in [6, 6.07) is 10.8. The molecule has 3 nitrogen and oxygen atoms in total. The van der Waals surface area contributed by atoms with Gasteiger partial charge < -0.3 is 10.2 Å². The number of rotatable bonds is 3. The fourth-order valence-corrected chi connectivity index (χ4v) is 4.82. The van der Waals surface area contributed by atoms with Crippen molar-refractivity contribution < 1.29 is 4.79 Å². The summed E-state index contributed by atoms with van der Waals surface area (Å²) >= 11 is 0. The lowest BCUT2D eigenvalue weighted by Crippen LogP contribution is -2.59. The van der Waals surface area contributed by atoms with Crippen molar-refractivity contribution in [1.29, 1.82) is 0 Å². The van der Waals surface area contributed by atoms with Crippen LogP contribution in [0.3, 0.4) is 0 Å². The van der Waals surface area contributed by atoms with Gasteiger partial charge in [-0.25, -0.2) is 0 Å². The molecular formula is C19H26N2O. The van der Waals surface area contributed by atoms with Gasteiger partial charge in [0, 0.05) is 12.6 Å². The fraction of sp³-hybridized carbons (Fsp3) is 0.632. The van der Waals surface area contributed by atoms with Crippen molar-refractivity contribution in [2.45, 2.75) is 50.0 Å². The molecule has 3 heteroatoms. The number of carbonyl (C=O) groups excluding carboxylic acids is 1. The van der Waals surface area contributed by atoms with Gasteiger partial charge >= 0.3 is 0 Å². The zero-order chi connectivity index (χ0) is 15.0. The van der Waals surface area contributed by atoms with E-state index in [9.17, 15) is 4.79 Å². The van der Waals surface area contributed by atoms with E-state index in [2.05, 4.69) is 34.5 Å². The molecule has 2 bridgehead atoms. The van der Waals surface area contributed by atoms with Crippen molar-refractivity contribution in [1.82, 2.24) is 10.2 Å². The van der Waals surface area contributed by atoms with Gasteiger partial charge in [-0.15, -0.1) is 0 Å². The Kier molecular flexibility index (Phi) is 3.69. The van der Waals surface area contributed by atoms with E-state index in [0.717, 1.165) is 19.4 Å². The number of hydrogen-bond acceptors (Lipinski definition) is 2. The van der Waals surface area contributed by atoms with Crippen LogP contribution in [0.15, 0.2) is 30.3 Å². The number of hydrogen-bond donors (Lipinski definition) is 1. The number of piperidine rings is 3. The quantitative estimate of drug-likeness (QED) is 0.930. The van der Waals surface area contributed by atoms with Gasteiger partial charge in [0.2, 0.25) is 5.91 Å². The third kappa shape index (κ3) is 2.36. The molecule has 4 aliphatic rings. The minimum atomic E-state index is -0.271. The van der Waals surface area contributed by atoms with Crippen LogP contribution in [-0.4, -0.2) is 36.5 Å². The zero-order valence-electron chi connectivity index (χ0n) is 13.3. The minimum absolute atomic E-state index is 0.271. The maximum Gasteiger partial charge on any atom is 0.230 e. The van der Waals surface area contributed by atoms with E-state index in [0.29, 0.717) is 12.0 Å². The van der Waals surface area contributed by atoms with E-state index in [-0.39, 0.29) is 11.3 Å². The predicted octanol–water partition coefficient (Wildman–Crippen LogP) is 2.71. The lowest BCUT2D eigenvalue weighted by Gasteiger charge is -2.46. The molecule has 0 aromatic heterocycles.